The molecular weight excluding hydrogens is 226 g/mol. The number of hydrogen-bond acceptors (Lipinski definition) is 3. The molecule has 0 unspecified atom stereocenters. The van der Waals surface area contributed by atoms with Crippen molar-refractivity contribution >= 4 is 5.91 Å². The van der Waals surface area contributed by atoms with Gasteiger partial charge in [-0.25, -0.2) is 0 Å². The second kappa shape index (κ2) is 5.33. The molecule has 0 saturated heterocycles. The van der Waals surface area contributed by atoms with Gasteiger partial charge in [-0.3, -0.25) is 4.79 Å². The zero-order chi connectivity index (χ0) is 13.0. The van der Waals surface area contributed by atoms with Crippen LogP contribution in [0.2, 0.25) is 0 Å². The molecule has 1 saturated carbocycles. The van der Waals surface area contributed by atoms with E-state index in [-0.39, 0.29) is 11.9 Å². The van der Waals surface area contributed by atoms with Crippen LogP contribution < -0.4 is 0 Å². The molecular formula is C14H13N3O. The quantitative estimate of drug-likeness (QED) is 0.807. The van der Waals surface area contributed by atoms with Crippen molar-refractivity contribution in [2.45, 2.75) is 25.3 Å². The van der Waals surface area contributed by atoms with Crippen LogP contribution in [0, 0.1) is 22.7 Å². The van der Waals surface area contributed by atoms with Crippen LogP contribution in [0.25, 0.3) is 0 Å². The van der Waals surface area contributed by atoms with E-state index in [0.717, 1.165) is 12.8 Å². The average molecular weight is 239 g/mol. The van der Waals surface area contributed by atoms with Crippen molar-refractivity contribution in [2.75, 3.05) is 6.54 Å². The van der Waals surface area contributed by atoms with Gasteiger partial charge in [0.25, 0.3) is 5.91 Å². The minimum atomic E-state index is -0.0788. The standard InChI is InChI=1S/C14H13N3O/c15-7-2-8-17(13-5-6-13)14(18)12-4-1-3-11(9-12)10-16/h1,3-4,9,13H,2,5-6,8H2. The van der Waals surface area contributed by atoms with E-state index in [4.69, 9.17) is 10.5 Å². The van der Waals surface area contributed by atoms with E-state index >= 15 is 0 Å². The normalized spacial score (nSPS) is 13.4. The van der Waals surface area contributed by atoms with Crippen LogP contribution in [-0.4, -0.2) is 23.4 Å². The SMILES string of the molecule is N#CCCN(C(=O)c1cccc(C#N)c1)C1CC1. The predicted octanol–water partition coefficient (Wildman–Crippen LogP) is 2.08. The molecule has 0 bridgehead atoms. The molecule has 4 heteroatoms. The number of amides is 1. The van der Waals surface area contributed by atoms with Crippen molar-refractivity contribution in [2.24, 2.45) is 0 Å². The lowest BCUT2D eigenvalue weighted by Gasteiger charge is -2.21. The maximum absolute atomic E-state index is 12.3. The molecule has 1 aromatic rings. The second-order valence-electron chi connectivity index (χ2n) is 4.33. The molecule has 0 aromatic heterocycles. The molecule has 1 aliphatic carbocycles. The Kier molecular flexibility index (Phi) is 3.60. The van der Waals surface area contributed by atoms with Gasteiger partial charge in [-0.1, -0.05) is 6.07 Å². The highest BCUT2D eigenvalue weighted by Crippen LogP contribution is 2.28. The van der Waals surface area contributed by atoms with Crippen LogP contribution in [0.5, 0.6) is 0 Å². The zero-order valence-corrected chi connectivity index (χ0v) is 9.97. The number of nitrogens with zero attached hydrogens (tertiary/aromatic N) is 3. The fraction of sp³-hybridized carbons (Fsp3) is 0.357. The minimum Gasteiger partial charge on any atom is -0.335 e. The van der Waals surface area contributed by atoms with E-state index < -0.39 is 0 Å². The first-order chi connectivity index (χ1) is 8.76. The van der Waals surface area contributed by atoms with Crippen LogP contribution in [0.4, 0.5) is 0 Å². The average Bonchev–Trinajstić information content (AvgIpc) is 3.23. The Morgan fingerprint density at radius 3 is 2.78 bits per heavy atom. The molecule has 1 amide bonds. The third kappa shape index (κ3) is 2.67. The largest absolute Gasteiger partial charge is 0.335 e. The molecule has 1 aromatic carbocycles. The smallest absolute Gasteiger partial charge is 0.254 e. The van der Waals surface area contributed by atoms with Crippen LogP contribution >= 0.6 is 0 Å². The number of rotatable bonds is 4. The van der Waals surface area contributed by atoms with Gasteiger partial charge in [0.1, 0.15) is 0 Å². The van der Waals surface area contributed by atoms with Gasteiger partial charge in [0.05, 0.1) is 24.1 Å². The Hall–Kier alpha value is -2.33. The maximum atomic E-state index is 12.3. The number of nitriles is 2. The molecule has 4 nitrogen and oxygen atoms in total. The summed E-state index contributed by atoms with van der Waals surface area (Å²) >= 11 is 0. The lowest BCUT2D eigenvalue weighted by Crippen LogP contribution is -2.33. The lowest BCUT2D eigenvalue weighted by molar-refractivity contribution is 0.0747. The van der Waals surface area contributed by atoms with Gasteiger partial charge in [0.2, 0.25) is 0 Å². The van der Waals surface area contributed by atoms with Crippen LogP contribution in [-0.2, 0) is 0 Å². The molecule has 0 spiro atoms. The predicted molar refractivity (Wildman–Crippen MR) is 65.4 cm³/mol. The molecule has 2 rings (SSSR count). The number of hydrogen-bond donors (Lipinski definition) is 0. The van der Waals surface area contributed by atoms with E-state index in [1.54, 1.807) is 29.2 Å². The van der Waals surface area contributed by atoms with Gasteiger partial charge in [-0.05, 0) is 31.0 Å². The highest BCUT2D eigenvalue weighted by molar-refractivity contribution is 5.95. The van der Waals surface area contributed by atoms with Crippen molar-refractivity contribution in [1.29, 1.82) is 10.5 Å². The van der Waals surface area contributed by atoms with Gasteiger partial charge >= 0.3 is 0 Å². The summed E-state index contributed by atoms with van der Waals surface area (Å²) in [5.41, 5.74) is 1.01. The Labute approximate surface area is 106 Å². The van der Waals surface area contributed by atoms with Gasteiger partial charge < -0.3 is 4.90 Å². The Balaban J connectivity index is 2.17. The van der Waals surface area contributed by atoms with Gasteiger partial charge in [0, 0.05) is 18.2 Å². The molecule has 90 valence electrons. The molecule has 1 fully saturated rings. The second-order valence-corrected chi connectivity index (χ2v) is 4.33. The van der Waals surface area contributed by atoms with E-state index in [1.807, 2.05) is 6.07 Å². The fourth-order valence-electron chi connectivity index (χ4n) is 1.89. The monoisotopic (exact) mass is 239 g/mol. The van der Waals surface area contributed by atoms with Gasteiger partial charge in [0.15, 0.2) is 0 Å². The minimum absolute atomic E-state index is 0.0788. The van der Waals surface area contributed by atoms with E-state index in [0.29, 0.717) is 24.1 Å². The van der Waals surface area contributed by atoms with Gasteiger partial charge in [-0.2, -0.15) is 10.5 Å². The number of carbonyl (C=O) groups excluding carboxylic acids is 1. The van der Waals surface area contributed by atoms with E-state index in [2.05, 4.69) is 6.07 Å². The molecule has 0 atom stereocenters. The van der Waals surface area contributed by atoms with Crippen molar-refractivity contribution in [1.82, 2.24) is 4.90 Å². The summed E-state index contributed by atoms with van der Waals surface area (Å²) in [5.74, 6) is -0.0788. The molecule has 0 N–H and O–H groups in total. The van der Waals surface area contributed by atoms with E-state index in [1.165, 1.54) is 0 Å². The highest BCUT2D eigenvalue weighted by atomic mass is 16.2. The molecule has 1 aliphatic rings. The zero-order valence-electron chi connectivity index (χ0n) is 9.97. The van der Waals surface area contributed by atoms with Crippen LogP contribution in [0.1, 0.15) is 35.2 Å². The Morgan fingerprint density at radius 1 is 1.39 bits per heavy atom. The van der Waals surface area contributed by atoms with Crippen molar-refractivity contribution in [3.8, 4) is 12.1 Å². The van der Waals surface area contributed by atoms with Gasteiger partial charge in [-0.15, -0.1) is 0 Å². The molecule has 0 radical (unpaired) electrons. The summed E-state index contributed by atoms with van der Waals surface area (Å²) in [7, 11) is 0. The topological polar surface area (TPSA) is 67.9 Å². The summed E-state index contributed by atoms with van der Waals surface area (Å²) < 4.78 is 0. The molecule has 0 heterocycles. The summed E-state index contributed by atoms with van der Waals surface area (Å²) in [6.45, 7) is 0.469. The third-order valence-electron chi connectivity index (χ3n) is 2.95. The first-order valence-electron chi connectivity index (χ1n) is 5.94. The fourth-order valence-corrected chi connectivity index (χ4v) is 1.89. The van der Waals surface area contributed by atoms with Crippen molar-refractivity contribution < 1.29 is 4.79 Å². The summed E-state index contributed by atoms with van der Waals surface area (Å²) in [6, 6.07) is 11.1. The molecule has 18 heavy (non-hydrogen) atoms. The summed E-state index contributed by atoms with van der Waals surface area (Å²) in [4.78, 5) is 14.1. The highest BCUT2D eigenvalue weighted by Gasteiger charge is 2.32. The lowest BCUT2D eigenvalue weighted by atomic mass is 10.1. The van der Waals surface area contributed by atoms with E-state index in [9.17, 15) is 4.79 Å². The number of benzene rings is 1. The first-order valence-corrected chi connectivity index (χ1v) is 5.94. The van der Waals surface area contributed by atoms with Crippen molar-refractivity contribution in [3.05, 3.63) is 35.4 Å². The summed E-state index contributed by atoms with van der Waals surface area (Å²) in [6.07, 6.45) is 2.37. The first kappa shape index (κ1) is 12.1. The Morgan fingerprint density at radius 2 is 2.17 bits per heavy atom. The Bertz CT molecular complexity index is 535. The summed E-state index contributed by atoms with van der Waals surface area (Å²) in [5, 5.41) is 17.4. The maximum Gasteiger partial charge on any atom is 0.254 e. The third-order valence-corrected chi connectivity index (χ3v) is 2.95. The van der Waals surface area contributed by atoms with Crippen LogP contribution in [0.15, 0.2) is 24.3 Å². The van der Waals surface area contributed by atoms with Crippen molar-refractivity contribution in [3.63, 3.8) is 0 Å². The number of carbonyl (C=O) groups is 1. The van der Waals surface area contributed by atoms with Crippen LogP contribution in [0.3, 0.4) is 0 Å². The molecule has 0 aliphatic heterocycles.